The average Bonchev–Trinajstić information content (AvgIpc) is 1.58. The van der Waals surface area contributed by atoms with E-state index in [2.05, 4.69) is 27.7 Å². The fourth-order valence-corrected chi connectivity index (χ4v) is 2.51. The lowest BCUT2D eigenvalue weighted by Crippen LogP contribution is -2.50. The Morgan fingerprint density at radius 2 is 1.90 bits per heavy atom. The second-order valence-corrected chi connectivity index (χ2v) is 4.53. The molecular formula is C9H18O. The van der Waals surface area contributed by atoms with Crippen LogP contribution in [0.2, 0.25) is 0 Å². The molecule has 0 saturated heterocycles. The zero-order valence-electron chi connectivity index (χ0n) is 7.39. The van der Waals surface area contributed by atoms with E-state index in [1.807, 2.05) is 0 Å². The molecule has 1 fully saturated rings. The molecule has 1 nitrogen and oxygen atoms in total. The third-order valence-corrected chi connectivity index (χ3v) is 2.77. The summed E-state index contributed by atoms with van der Waals surface area (Å²) in [4.78, 5) is 0. The Labute approximate surface area is 63.4 Å². The number of hydrogen-bond donors (Lipinski definition) is 1. The van der Waals surface area contributed by atoms with Crippen LogP contribution in [0.4, 0.5) is 0 Å². The normalized spacial score (nSPS) is 37.8. The molecule has 1 heteroatoms. The van der Waals surface area contributed by atoms with Crippen molar-refractivity contribution in [2.24, 2.45) is 17.3 Å². The summed E-state index contributed by atoms with van der Waals surface area (Å²) in [5.74, 6) is 1.14. The van der Waals surface area contributed by atoms with Crippen molar-refractivity contribution < 1.29 is 5.11 Å². The summed E-state index contributed by atoms with van der Waals surface area (Å²) >= 11 is 0. The zero-order valence-corrected chi connectivity index (χ0v) is 7.39. The second kappa shape index (κ2) is 2.23. The molecule has 1 N–H and O–H groups in total. The molecule has 2 atom stereocenters. The predicted molar refractivity (Wildman–Crippen MR) is 42.7 cm³/mol. The maximum Gasteiger partial charge on any atom is 0.0581 e. The van der Waals surface area contributed by atoms with Gasteiger partial charge in [0.15, 0.2) is 0 Å². The summed E-state index contributed by atoms with van der Waals surface area (Å²) in [7, 11) is 0. The smallest absolute Gasteiger partial charge is 0.0581 e. The van der Waals surface area contributed by atoms with Crippen LogP contribution in [0, 0.1) is 17.3 Å². The minimum absolute atomic E-state index is 0.0324. The molecule has 0 spiro atoms. The largest absolute Gasteiger partial charge is 0.393 e. The molecule has 1 rings (SSSR count). The first-order chi connectivity index (χ1) is 4.45. The third kappa shape index (κ3) is 1.07. The first-order valence-electron chi connectivity index (χ1n) is 4.13. The highest BCUT2D eigenvalue weighted by Gasteiger charge is 2.47. The lowest BCUT2D eigenvalue weighted by atomic mass is 9.56. The van der Waals surface area contributed by atoms with E-state index in [4.69, 9.17) is 0 Å². The van der Waals surface area contributed by atoms with Crippen LogP contribution in [0.3, 0.4) is 0 Å². The quantitative estimate of drug-likeness (QED) is 0.594. The monoisotopic (exact) mass is 142 g/mol. The maximum absolute atomic E-state index is 9.41. The van der Waals surface area contributed by atoms with E-state index in [9.17, 15) is 5.11 Å². The van der Waals surface area contributed by atoms with E-state index < -0.39 is 0 Å². The van der Waals surface area contributed by atoms with Crippen molar-refractivity contribution in [3.8, 4) is 0 Å². The Kier molecular flexibility index (Phi) is 1.80. The molecule has 1 aliphatic rings. The van der Waals surface area contributed by atoms with E-state index in [-0.39, 0.29) is 6.10 Å². The minimum Gasteiger partial charge on any atom is -0.393 e. The van der Waals surface area contributed by atoms with Crippen molar-refractivity contribution in [3.05, 3.63) is 0 Å². The summed E-state index contributed by atoms with van der Waals surface area (Å²) < 4.78 is 0. The van der Waals surface area contributed by atoms with E-state index >= 15 is 0 Å². The molecule has 0 amide bonds. The van der Waals surface area contributed by atoms with Crippen LogP contribution >= 0.6 is 0 Å². The van der Waals surface area contributed by atoms with Crippen LogP contribution in [-0.2, 0) is 0 Å². The van der Waals surface area contributed by atoms with E-state index in [0.29, 0.717) is 17.3 Å². The summed E-state index contributed by atoms with van der Waals surface area (Å²) in [5, 5.41) is 9.41. The van der Waals surface area contributed by atoms with Gasteiger partial charge in [0.05, 0.1) is 6.10 Å². The second-order valence-electron chi connectivity index (χ2n) is 4.53. The van der Waals surface area contributed by atoms with Crippen LogP contribution in [0.5, 0.6) is 0 Å². The Morgan fingerprint density at radius 3 is 2.00 bits per heavy atom. The van der Waals surface area contributed by atoms with Gasteiger partial charge in [0.2, 0.25) is 0 Å². The molecule has 0 bridgehead atoms. The van der Waals surface area contributed by atoms with Gasteiger partial charge in [-0.15, -0.1) is 0 Å². The standard InChI is InChI=1S/C9H18O/c1-6(2)8-7(10)5-9(8,3)4/h6-8,10H,5H2,1-4H3. The van der Waals surface area contributed by atoms with Crippen molar-refractivity contribution >= 4 is 0 Å². The first kappa shape index (κ1) is 8.06. The SMILES string of the molecule is CC(C)C1C(O)CC1(C)C. The number of rotatable bonds is 1. The van der Waals surface area contributed by atoms with Gasteiger partial charge in [0.25, 0.3) is 0 Å². The molecule has 1 aliphatic carbocycles. The van der Waals surface area contributed by atoms with Gasteiger partial charge in [-0.05, 0) is 23.7 Å². The van der Waals surface area contributed by atoms with Crippen LogP contribution in [0.15, 0.2) is 0 Å². The van der Waals surface area contributed by atoms with Crippen molar-refractivity contribution in [3.63, 3.8) is 0 Å². The zero-order chi connectivity index (χ0) is 7.94. The van der Waals surface area contributed by atoms with Crippen molar-refractivity contribution in [1.82, 2.24) is 0 Å². The molecule has 0 heterocycles. The van der Waals surface area contributed by atoms with Gasteiger partial charge in [-0.25, -0.2) is 0 Å². The summed E-state index contributed by atoms with van der Waals surface area (Å²) in [5.41, 5.74) is 0.383. The Bertz CT molecular complexity index is 122. The van der Waals surface area contributed by atoms with Gasteiger partial charge < -0.3 is 5.11 Å². The Morgan fingerprint density at radius 1 is 1.40 bits per heavy atom. The van der Waals surface area contributed by atoms with E-state index in [1.54, 1.807) is 0 Å². The fourth-order valence-electron chi connectivity index (χ4n) is 2.51. The summed E-state index contributed by atoms with van der Waals surface area (Å²) in [6, 6.07) is 0. The maximum atomic E-state index is 9.41. The lowest BCUT2D eigenvalue weighted by molar-refractivity contribution is -0.109. The van der Waals surface area contributed by atoms with Gasteiger partial charge in [-0.1, -0.05) is 27.7 Å². The number of hydrogen-bond acceptors (Lipinski definition) is 1. The van der Waals surface area contributed by atoms with Crippen molar-refractivity contribution in [1.29, 1.82) is 0 Å². The van der Waals surface area contributed by atoms with Crippen molar-refractivity contribution in [2.75, 3.05) is 0 Å². The fraction of sp³-hybridized carbons (Fsp3) is 1.00. The minimum atomic E-state index is -0.0324. The van der Waals surface area contributed by atoms with Crippen LogP contribution in [0.1, 0.15) is 34.1 Å². The van der Waals surface area contributed by atoms with Gasteiger partial charge >= 0.3 is 0 Å². The van der Waals surface area contributed by atoms with E-state index in [0.717, 1.165) is 6.42 Å². The molecule has 0 aromatic heterocycles. The first-order valence-corrected chi connectivity index (χ1v) is 4.13. The molecule has 0 radical (unpaired) electrons. The highest BCUT2D eigenvalue weighted by molar-refractivity contribution is 4.97. The van der Waals surface area contributed by atoms with E-state index in [1.165, 1.54) is 0 Å². The van der Waals surface area contributed by atoms with Gasteiger partial charge in [0, 0.05) is 0 Å². The van der Waals surface area contributed by atoms with Gasteiger partial charge in [-0.2, -0.15) is 0 Å². The Balaban J connectivity index is 2.57. The molecular weight excluding hydrogens is 124 g/mol. The molecule has 1 saturated carbocycles. The number of aliphatic hydroxyl groups is 1. The van der Waals surface area contributed by atoms with Crippen LogP contribution < -0.4 is 0 Å². The average molecular weight is 142 g/mol. The van der Waals surface area contributed by atoms with Crippen LogP contribution in [0.25, 0.3) is 0 Å². The summed E-state index contributed by atoms with van der Waals surface area (Å²) in [6.45, 7) is 8.86. The predicted octanol–water partition coefficient (Wildman–Crippen LogP) is 2.05. The van der Waals surface area contributed by atoms with Gasteiger partial charge in [0.1, 0.15) is 0 Å². The summed E-state index contributed by atoms with van der Waals surface area (Å²) in [6.07, 6.45) is 0.950. The third-order valence-electron chi connectivity index (χ3n) is 2.77. The lowest BCUT2D eigenvalue weighted by Gasteiger charge is -2.51. The molecule has 0 aliphatic heterocycles. The topological polar surface area (TPSA) is 20.2 Å². The molecule has 2 unspecified atom stereocenters. The van der Waals surface area contributed by atoms with Gasteiger partial charge in [-0.3, -0.25) is 0 Å². The molecule has 0 aromatic rings. The molecule has 10 heavy (non-hydrogen) atoms. The molecule has 0 aromatic carbocycles. The van der Waals surface area contributed by atoms with Crippen molar-refractivity contribution in [2.45, 2.75) is 40.2 Å². The molecule has 60 valence electrons. The highest BCUT2D eigenvalue weighted by Crippen LogP contribution is 2.49. The Hall–Kier alpha value is -0.0400. The highest BCUT2D eigenvalue weighted by atomic mass is 16.3. The van der Waals surface area contributed by atoms with Crippen LogP contribution in [-0.4, -0.2) is 11.2 Å². The number of aliphatic hydroxyl groups excluding tert-OH is 1.